The maximum atomic E-state index is 12.0. The van der Waals surface area contributed by atoms with Crippen molar-refractivity contribution in [3.8, 4) is 0 Å². The van der Waals surface area contributed by atoms with Crippen molar-refractivity contribution in [1.82, 2.24) is 5.32 Å². The molecule has 1 heterocycles. The Hall–Kier alpha value is -1.79. The molecule has 1 aromatic heterocycles. The topological polar surface area (TPSA) is 34.4 Å². The Morgan fingerprint density at radius 3 is 2.40 bits per heavy atom. The van der Waals surface area contributed by atoms with E-state index in [9.17, 15) is 13.2 Å². The monoisotopic (exact) mass is 353 g/mol. The molecule has 0 saturated heterocycles. The molecule has 0 aliphatic heterocycles. The predicted molar refractivity (Wildman–Crippen MR) is 87.9 cm³/mol. The highest BCUT2D eigenvalue weighted by atomic mass is 19.4. The van der Waals surface area contributed by atoms with E-state index in [0.29, 0.717) is 19.0 Å². The van der Waals surface area contributed by atoms with Gasteiger partial charge in [-0.15, -0.1) is 0 Å². The minimum absolute atomic E-state index is 0.0397. The molecule has 2 atom stereocenters. The van der Waals surface area contributed by atoms with Gasteiger partial charge >= 0.3 is 6.18 Å². The van der Waals surface area contributed by atoms with E-state index in [-0.39, 0.29) is 6.61 Å². The highest BCUT2D eigenvalue weighted by Crippen LogP contribution is 2.47. The van der Waals surface area contributed by atoms with E-state index < -0.39 is 12.8 Å². The molecule has 1 aromatic carbocycles. The lowest BCUT2D eigenvalue weighted by atomic mass is 10.1. The van der Waals surface area contributed by atoms with E-state index in [1.807, 2.05) is 18.2 Å². The SMILES string of the molecule is CC1CC1c1ccc(CNCc2ccc(COCC(F)(F)F)cc2)o1. The van der Waals surface area contributed by atoms with E-state index in [1.165, 1.54) is 6.42 Å². The van der Waals surface area contributed by atoms with E-state index >= 15 is 0 Å². The van der Waals surface area contributed by atoms with Gasteiger partial charge in [0.25, 0.3) is 0 Å². The summed E-state index contributed by atoms with van der Waals surface area (Å²) in [7, 11) is 0. The van der Waals surface area contributed by atoms with Crippen LogP contribution >= 0.6 is 0 Å². The molecule has 6 heteroatoms. The first-order valence-electron chi connectivity index (χ1n) is 8.42. The van der Waals surface area contributed by atoms with Gasteiger partial charge in [0.1, 0.15) is 18.1 Å². The lowest BCUT2D eigenvalue weighted by Crippen LogP contribution is -2.16. The second-order valence-corrected chi connectivity index (χ2v) is 6.65. The number of rotatable bonds is 8. The maximum Gasteiger partial charge on any atom is 0.411 e. The van der Waals surface area contributed by atoms with Crippen LogP contribution in [0.3, 0.4) is 0 Å². The van der Waals surface area contributed by atoms with Gasteiger partial charge in [-0.05, 0) is 35.6 Å². The molecule has 0 bridgehead atoms. The molecule has 3 nitrogen and oxygen atoms in total. The zero-order valence-corrected chi connectivity index (χ0v) is 14.1. The number of ether oxygens (including phenoxy) is 1. The Kier molecular flexibility index (Phi) is 5.49. The second kappa shape index (κ2) is 7.62. The highest BCUT2D eigenvalue weighted by molar-refractivity contribution is 5.22. The number of furan rings is 1. The van der Waals surface area contributed by atoms with Gasteiger partial charge in [0, 0.05) is 12.5 Å². The van der Waals surface area contributed by atoms with Crippen molar-refractivity contribution in [1.29, 1.82) is 0 Å². The number of hydrogen-bond acceptors (Lipinski definition) is 3. The maximum absolute atomic E-state index is 12.0. The molecule has 0 amide bonds. The Bertz CT molecular complexity index is 679. The van der Waals surface area contributed by atoms with Crippen LogP contribution in [0.25, 0.3) is 0 Å². The number of benzene rings is 1. The third kappa shape index (κ3) is 5.61. The van der Waals surface area contributed by atoms with Crippen LogP contribution in [0.1, 0.15) is 41.9 Å². The van der Waals surface area contributed by atoms with Crippen molar-refractivity contribution in [2.75, 3.05) is 6.61 Å². The fraction of sp³-hybridized carbons (Fsp3) is 0.474. The first kappa shape index (κ1) is 18.0. The Morgan fingerprint density at radius 1 is 1.08 bits per heavy atom. The minimum Gasteiger partial charge on any atom is -0.464 e. The van der Waals surface area contributed by atoms with Gasteiger partial charge in [-0.1, -0.05) is 31.2 Å². The Morgan fingerprint density at radius 2 is 1.76 bits per heavy atom. The summed E-state index contributed by atoms with van der Waals surface area (Å²) >= 11 is 0. The van der Waals surface area contributed by atoms with Crippen LogP contribution in [-0.4, -0.2) is 12.8 Å². The van der Waals surface area contributed by atoms with Gasteiger partial charge in [-0.3, -0.25) is 0 Å². The largest absolute Gasteiger partial charge is 0.464 e. The van der Waals surface area contributed by atoms with Crippen LogP contribution in [-0.2, 0) is 24.4 Å². The summed E-state index contributed by atoms with van der Waals surface area (Å²) in [5.41, 5.74) is 1.78. The van der Waals surface area contributed by atoms with E-state index in [4.69, 9.17) is 4.42 Å². The molecule has 1 fully saturated rings. The van der Waals surface area contributed by atoms with Gasteiger partial charge in [0.05, 0.1) is 13.2 Å². The molecule has 0 radical (unpaired) electrons. The predicted octanol–water partition coefficient (Wildman–Crippen LogP) is 4.77. The normalized spacial score (nSPS) is 20.0. The van der Waals surface area contributed by atoms with Gasteiger partial charge in [0.15, 0.2) is 0 Å². The summed E-state index contributed by atoms with van der Waals surface area (Å²) in [4.78, 5) is 0. The van der Waals surface area contributed by atoms with Crippen molar-refractivity contribution in [3.05, 3.63) is 59.0 Å². The van der Waals surface area contributed by atoms with Crippen LogP contribution < -0.4 is 5.32 Å². The summed E-state index contributed by atoms with van der Waals surface area (Å²) < 4.78 is 46.6. The van der Waals surface area contributed by atoms with Crippen molar-refractivity contribution >= 4 is 0 Å². The average Bonchev–Trinajstić information content (AvgIpc) is 3.09. The van der Waals surface area contributed by atoms with E-state index in [0.717, 1.165) is 28.6 Å². The van der Waals surface area contributed by atoms with Crippen LogP contribution in [0.4, 0.5) is 13.2 Å². The first-order chi connectivity index (χ1) is 11.9. The lowest BCUT2D eigenvalue weighted by Gasteiger charge is -2.08. The molecular weight excluding hydrogens is 331 g/mol. The van der Waals surface area contributed by atoms with Crippen LogP contribution in [0, 0.1) is 5.92 Å². The zero-order chi connectivity index (χ0) is 17.9. The van der Waals surface area contributed by atoms with Crippen molar-refractivity contribution in [2.45, 2.75) is 45.1 Å². The summed E-state index contributed by atoms with van der Waals surface area (Å²) in [5.74, 6) is 3.31. The molecule has 2 unspecified atom stereocenters. The van der Waals surface area contributed by atoms with Crippen molar-refractivity contribution < 1.29 is 22.3 Å². The van der Waals surface area contributed by atoms with E-state index in [2.05, 4.69) is 23.0 Å². The van der Waals surface area contributed by atoms with Crippen LogP contribution in [0.15, 0.2) is 40.8 Å². The fourth-order valence-electron chi connectivity index (χ4n) is 2.78. The first-order valence-corrected chi connectivity index (χ1v) is 8.42. The third-order valence-corrected chi connectivity index (χ3v) is 4.34. The van der Waals surface area contributed by atoms with E-state index in [1.54, 1.807) is 12.1 Å². The minimum atomic E-state index is -4.28. The summed E-state index contributed by atoms with van der Waals surface area (Å²) in [6.07, 6.45) is -3.08. The molecule has 2 aromatic rings. The number of alkyl halides is 3. The van der Waals surface area contributed by atoms with Crippen LogP contribution in [0.5, 0.6) is 0 Å². The van der Waals surface area contributed by atoms with Crippen LogP contribution in [0.2, 0.25) is 0 Å². The molecule has 1 saturated carbocycles. The fourth-order valence-corrected chi connectivity index (χ4v) is 2.78. The van der Waals surface area contributed by atoms with Gasteiger partial charge in [-0.2, -0.15) is 13.2 Å². The standard InChI is InChI=1S/C19H22F3NO2/c1-13-8-17(13)18-7-6-16(25-18)10-23-9-14-2-4-15(5-3-14)11-24-12-19(20,21)22/h2-7,13,17,23H,8-12H2,1H3. The quantitative estimate of drug-likeness (QED) is 0.742. The summed E-state index contributed by atoms with van der Waals surface area (Å²) in [6, 6.07) is 11.4. The molecular formula is C19H22F3NO2. The number of halogens is 3. The number of nitrogens with one attached hydrogen (secondary N) is 1. The lowest BCUT2D eigenvalue weighted by molar-refractivity contribution is -0.176. The second-order valence-electron chi connectivity index (χ2n) is 6.65. The highest BCUT2D eigenvalue weighted by Gasteiger charge is 2.36. The van der Waals surface area contributed by atoms with Gasteiger partial charge in [0.2, 0.25) is 0 Å². The molecule has 1 aliphatic carbocycles. The molecule has 1 aliphatic rings. The smallest absolute Gasteiger partial charge is 0.411 e. The molecule has 0 spiro atoms. The number of hydrogen-bond donors (Lipinski definition) is 1. The van der Waals surface area contributed by atoms with Crippen molar-refractivity contribution in [2.24, 2.45) is 5.92 Å². The summed E-state index contributed by atoms with van der Waals surface area (Å²) in [5, 5.41) is 3.31. The Labute approximate surface area is 145 Å². The molecule has 3 rings (SSSR count). The Balaban J connectivity index is 1.39. The molecule has 136 valence electrons. The zero-order valence-electron chi connectivity index (χ0n) is 14.1. The van der Waals surface area contributed by atoms with Gasteiger partial charge < -0.3 is 14.5 Å². The van der Waals surface area contributed by atoms with Crippen molar-refractivity contribution in [3.63, 3.8) is 0 Å². The molecule has 25 heavy (non-hydrogen) atoms. The third-order valence-electron chi connectivity index (χ3n) is 4.34. The average molecular weight is 353 g/mol. The summed E-state index contributed by atoms with van der Waals surface area (Å²) in [6.45, 7) is 2.28. The molecule has 1 N–H and O–H groups in total. The van der Waals surface area contributed by atoms with Gasteiger partial charge in [-0.25, -0.2) is 0 Å².